The van der Waals surface area contributed by atoms with E-state index in [4.69, 9.17) is 5.10 Å². The Bertz CT molecular complexity index is 1320. The van der Waals surface area contributed by atoms with Crippen molar-refractivity contribution in [2.45, 2.75) is 19.4 Å². The second-order valence-electron chi connectivity index (χ2n) is 9.33. The molecule has 2 aliphatic rings. The van der Waals surface area contributed by atoms with Gasteiger partial charge in [-0.25, -0.2) is 13.1 Å². The van der Waals surface area contributed by atoms with Crippen molar-refractivity contribution in [3.63, 3.8) is 0 Å². The number of piperazine rings is 1. The van der Waals surface area contributed by atoms with Gasteiger partial charge >= 0.3 is 0 Å². The average Bonchev–Trinajstić information content (AvgIpc) is 3.47. The van der Waals surface area contributed by atoms with E-state index in [0.29, 0.717) is 32.6 Å². The summed E-state index contributed by atoms with van der Waals surface area (Å²) in [6, 6.07) is 18.2. The van der Waals surface area contributed by atoms with Crippen molar-refractivity contribution in [1.29, 1.82) is 0 Å². The zero-order valence-corrected chi connectivity index (χ0v) is 20.7. The first-order valence-electron chi connectivity index (χ1n) is 12.0. The zero-order chi connectivity index (χ0) is 24.4. The van der Waals surface area contributed by atoms with E-state index >= 15 is 0 Å². The highest BCUT2D eigenvalue weighted by molar-refractivity contribution is 7.91. The minimum atomic E-state index is -2.90. The maximum absolute atomic E-state index is 13.0. The van der Waals surface area contributed by atoms with Crippen LogP contribution in [-0.2, 0) is 14.6 Å². The maximum atomic E-state index is 13.0. The second-order valence-corrected chi connectivity index (χ2v) is 11.6. The Balaban J connectivity index is 1.31. The molecule has 2 saturated heterocycles. The van der Waals surface area contributed by atoms with Crippen molar-refractivity contribution in [1.82, 2.24) is 19.6 Å². The van der Waals surface area contributed by atoms with Crippen LogP contribution < -0.4 is 0 Å². The second kappa shape index (κ2) is 9.79. The van der Waals surface area contributed by atoms with Gasteiger partial charge in [0.25, 0.3) is 0 Å². The van der Waals surface area contributed by atoms with Gasteiger partial charge in [0.1, 0.15) is 0 Å². The topological polar surface area (TPSA) is 75.5 Å². The van der Waals surface area contributed by atoms with Crippen molar-refractivity contribution in [2.24, 2.45) is 0 Å². The summed E-state index contributed by atoms with van der Waals surface area (Å²) in [6.45, 7) is 4.68. The van der Waals surface area contributed by atoms with E-state index in [1.54, 1.807) is 6.08 Å². The van der Waals surface area contributed by atoms with Crippen molar-refractivity contribution < 1.29 is 13.2 Å². The molecular weight excluding hydrogens is 460 g/mol. The molecule has 35 heavy (non-hydrogen) atoms. The molecule has 1 atom stereocenters. The summed E-state index contributed by atoms with van der Waals surface area (Å²) in [5.41, 5.74) is 4.83. The van der Waals surface area contributed by atoms with Crippen molar-refractivity contribution in [2.75, 3.05) is 37.7 Å². The van der Waals surface area contributed by atoms with Crippen molar-refractivity contribution in [3.8, 4) is 16.9 Å². The van der Waals surface area contributed by atoms with Gasteiger partial charge in [0, 0.05) is 55.6 Å². The minimum absolute atomic E-state index is 0.0361. The van der Waals surface area contributed by atoms with E-state index in [2.05, 4.69) is 36.1 Å². The number of benzene rings is 2. The standard InChI is InChI=1S/C27H30N4O3S/c1-21-7-9-22(10-8-21)27-23(19-31(28-27)24-5-3-2-4-6-24)11-12-26(32)30-16-14-29(15-17-30)25-13-18-35(33,34)20-25/h2-12,19,25H,13-18,20H2,1H3/b12-11+/t25-/m0/s1. The van der Waals surface area contributed by atoms with Crippen LogP contribution in [0.5, 0.6) is 0 Å². The first-order chi connectivity index (χ1) is 16.9. The number of amides is 1. The summed E-state index contributed by atoms with van der Waals surface area (Å²) < 4.78 is 25.5. The number of aryl methyl sites for hydroxylation is 1. The summed E-state index contributed by atoms with van der Waals surface area (Å²) >= 11 is 0. The highest BCUT2D eigenvalue weighted by Gasteiger charge is 2.34. The molecule has 0 saturated carbocycles. The number of carbonyl (C=O) groups excluding carboxylic acids is 1. The predicted molar refractivity (Wildman–Crippen MR) is 138 cm³/mol. The van der Waals surface area contributed by atoms with Crippen LogP contribution >= 0.6 is 0 Å². The Labute approximate surface area is 206 Å². The molecule has 0 unspecified atom stereocenters. The predicted octanol–water partition coefficient (Wildman–Crippen LogP) is 3.19. The molecule has 3 heterocycles. The molecule has 0 N–H and O–H groups in total. The van der Waals surface area contributed by atoms with Crippen molar-refractivity contribution >= 4 is 21.8 Å². The molecule has 0 radical (unpaired) electrons. The third kappa shape index (κ3) is 5.39. The number of carbonyl (C=O) groups is 1. The van der Waals surface area contributed by atoms with Crippen molar-refractivity contribution in [3.05, 3.63) is 78.0 Å². The molecule has 1 aromatic heterocycles. The molecule has 7 nitrogen and oxygen atoms in total. The molecule has 5 rings (SSSR count). The molecule has 3 aromatic rings. The summed E-state index contributed by atoms with van der Waals surface area (Å²) in [6.07, 6.45) is 6.12. The Hall–Kier alpha value is -3.23. The smallest absolute Gasteiger partial charge is 0.246 e. The molecule has 0 spiro atoms. The molecule has 0 bridgehead atoms. The first kappa shape index (κ1) is 23.5. The van der Waals surface area contributed by atoms with Gasteiger partial charge in [0.05, 0.1) is 22.9 Å². The number of sulfone groups is 1. The maximum Gasteiger partial charge on any atom is 0.246 e. The van der Waals surface area contributed by atoms with E-state index in [9.17, 15) is 13.2 Å². The average molecular weight is 491 g/mol. The van der Waals surface area contributed by atoms with E-state index in [1.165, 1.54) is 5.56 Å². The van der Waals surface area contributed by atoms with Crippen LogP contribution in [0.15, 0.2) is 66.9 Å². The van der Waals surface area contributed by atoms with Crippen LogP contribution in [0.1, 0.15) is 17.5 Å². The summed E-state index contributed by atoms with van der Waals surface area (Å²) in [5, 5.41) is 4.82. The lowest BCUT2D eigenvalue weighted by Gasteiger charge is -2.37. The van der Waals surface area contributed by atoms with E-state index in [0.717, 1.165) is 22.5 Å². The van der Waals surface area contributed by atoms with Crippen LogP contribution in [0.3, 0.4) is 0 Å². The molecule has 2 aliphatic heterocycles. The van der Waals surface area contributed by atoms with E-state index in [1.807, 2.05) is 52.2 Å². The van der Waals surface area contributed by atoms with Gasteiger partial charge in [-0.2, -0.15) is 5.10 Å². The Kier molecular flexibility index (Phi) is 6.58. The summed E-state index contributed by atoms with van der Waals surface area (Å²) in [7, 11) is -2.90. The third-order valence-corrected chi connectivity index (χ3v) is 8.59. The number of rotatable bonds is 5. The monoisotopic (exact) mass is 490 g/mol. The third-order valence-electron chi connectivity index (χ3n) is 6.84. The van der Waals surface area contributed by atoms with Gasteiger partial charge in [0.15, 0.2) is 9.84 Å². The fraction of sp³-hybridized carbons (Fsp3) is 0.333. The largest absolute Gasteiger partial charge is 0.337 e. The van der Waals surface area contributed by atoms with E-state index < -0.39 is 9.84 Å². The van der Waals surface area contributed by atoms with Crippen LogP contribution in [-0.4, -0.2) is 77.6 Å². The number of hydrogen-bond donors (Lipinski definition) is 0. The molecule has 0 aliphatic carbocycles. The number of nitrogens with zero attached hydrogens (tertiary/aromatic N) is 4. The van der Waals surface area contributed by atoms with E-state index in [-0.39, 0.29) is 23.5 Å². The Morgan fingerprint density at radius 2 is 1.71 bits per heavy atom. The van der Waals surface area contributed by atoms with Crippen LogP contribution in [0.25, 0.3) is 23.0 Å². The lowest BCUT2D eigenvalue weighted by Crippen LogP contribution is -2.52. The molecule has 1 amide bonds. The fourth-order valence-electron chi connectivity index (χ4n) is 4.80. The van der Waals surface area contributed by atoms with Crippen LogP contribution in [0, 0.1) is 6.92 Å². The van der Waals surface area contributed by atoms with Crippen LogP contribution in [0.4, 0.5) is 0 Å². The SMILES string of the molecule is Cc1ccc(-c2nn(-c3ccccc3)cc2/C=C/C(=O)N2CCN([C@H]3CCS(=O)(=O)C3)CC2)cc1. The first-order valence-corrected chi connectivity index (χ1v) is 13.8. The van der Waals surface area contributed by atoms with Gasteiger partial charge in [-0.3, -0.25) is 9.69 Å². The van der Waals surface area contributed by atoms with Gasteiger partial charge in [-0.1, -0.05) is 48.0 Å². The zero-order valence-electron chi connectivity index (χ0n) is 19.9. The van der Waals surface area contributed by atoms with Crippen LogP contribution in [0.2, 0.25) is 0 Å². The molecule has 2 fully saturated rings. The minimum Gasteiger partial charge on any atom is -0.337 e. The fourth-order valence-corrected chi connectivity index (χ4v) is 6.56. The number of aromatic nitrogens is 2. The highest BCUT2D eigenvalue weighted by atomic mass is 32.2. The number of hydrogen-bond acceptors (Lipinski definition) is 5. The molecule has 182 valence electrons. The highest BCUT2D eigenvalue weighted by Crippen LogP contribution is 2.26. The summed E-state index contributed by atoms with van der Waals surface area (Å²) in [5.74, 6) is 0.485. The van der Waals surface area contributed by atoms with Gasteiger partial charge < -0.3 is 4.90 Å². The van der Waals surface area contributed by atoms with Gasteiger partial charge in [0.2, 0.25) is 5.91 Å². The normalized spacial score (nSPS) is 20.5. The summed E-state index contributed by atoms with van der Waals surface area (Å²) in [4.78, 5) is 17.0. The number of para-hydroxylation sites is 1. The Morgan fingerprint density at radius 3 is 2.37 bits per heavy atom. The molecular formula is C27H30N4O3S. The van der Waals surface area contributed by atoms with Gasteiger partial charge in [-0.05, 0) is 31.6 Å². The Morgan fingerprint density at radius 1 is 1.00 bits per heavy atom. The quantitative estimate of drug-likeness (QED) is 0.514. The molecule has 2 aromatic carbocycles. The molecule has 8 heteroatoms. The lowest BCUT2D eigenvalue weighted by molar-refractivity contribution is -0.127. The lowest BCUT2D eigenvalue weighted by atomic mass is 10.1. The van der Waals surface area contributed by atoms with Gasteiger partial charge in [-0.15, -0.1) is 0 Å².